The Hall–Kier alpha value is -5.05. The van der Waals surface area contributed by atoms with Gasteiger partial charge < -0.3 is 10.2 Å². The average molecular weight is 638 g/mol. The zero-order valence-corrected chi connectivity index (χ0v) is 24.0. The number of hydrogen-bond donors (Lipinski definition) is 1. The second-order valence-electron chi connectivity index (χ2n) is 9.13. The van der Waals surface area contributed by atoms with Crippen LogP contribution in [0.4, 0.5) is 34.1 Å². The van der Waals surface area contributed by atoms with Crippen molar-refractivity contribution in [2.45, 2.75) is 20.3 Å². The number of carbonyl (C=O) groups is 3. The number of imide groups is 1. The Balaban J connectivity index is 1.54. The number of azo groups is 1. The van der Waals surface area contributed by atoms with Gasteiger partial charge in [0, 0.05) is 38.3 Å². The molecule has 1 heterocycles. The zero-order chi connectivity index (χ0) is 30.6. The number of non-ortho nitro benzene ring substituents is 1. The summed E-state index contributed by atoms with van der Waals surface area (Å²) in [7, 11) is 0. The fourth-order valence-corrected chi connectivity index (χ4v) is 4.96. The Morgan fingerprint density at radius 1 is 1.00 bits per heavy atom. The molecular weight excluding hydrogens is 614 g/mol. The van der Waals surface area contributed by atoms with E-state index in [0.29, 0.717) is 36.3 Å². The first-order valence-electron chi connectivity index (χ1n) is 12.7. The molecule has 42 heavy (non-hydrogen) atoms. The smallest absolute Gasteiger partial charge is 0.304 e. The minimum absolute atomic E-state index is 0.0000622. The van der Waals surface area contributed by atoms with Crippen molar-refractivity contribution < 1.29 is 24.2 Å². The molecule has 0 saturated heterocycles. The number of rotatable bonds is 11. The lowest BCUT2D eigenvalue weighted by molar-refractivity contribution is -0.393. The van der Waals surface area contributed by atoms with E-state index >= 15 is 0 Å². The van der Waals surface area contributed by atoms with Crippen LogP contribution in [-0.4, -0.2) is 52.1 Å². The predicted octanol–water partition coefficient (Wildman–Crippen LogP) is 6.15. The van der Waals surface area contributed by atoms with E-state index in [2.05, 4.69) is 31.5 Å². The summed E-state index contributed by atoms with van der Waals surface area (Å²) in [5, 5.41) is 33.4. The Bertz CT molecular complexity index is 1610. The lowest BCUT2D eigenvalue weighted by atomic mass is 10.1. The molecule has 0 atom stereocenters. The maximum absolute atomic E-state index is 12.7. The largest absolute Gasteiger partial charge is 0.372 e. The molecular formula is C27H24BrN7O7. The van der Waals surface area contributed by atoms with Crippen LogP contribution in [0.1, 0.15) is 41.0 Å². The number of nitrogens with zero attached hydrogens (tertiary/aromatic N) is 6. The third-order valence-electron chi connectivity index (χ3n) is 6.42. The van der Waals surface area contributed by atoms with Gasteiger partial charge in [-0.05, 0) is 59.6 Å². The van der Waals surface area contributed by atoms with Gasteiger partial charge in [-0.15, -0.1) is 10.2 Å². The minimum atomic E-state index is -0.801. The number of nitro benzene ring substituents is 2. The molecule has 0 aliphatic carbocycles. The van der Waals surface area contributed by atoms with Crippen molar-refractivity contribution in [3.05, 3.63) is 90.4 Å². The van der Waals surface area contributed by atoms with Gasteiger partial charge in [0.2, 0.25) is 5.91 Å². The third-order valence-corrected chi connectivity index (χ3v) is 7.02. The predicted molar refractivity (Wildman–Crippen MR) is 157 cm³/mol. The molecule has 15 heteroatoms. The van der Waals surface area contributed by atoms with Crippen LogP contribution in [0.15, 0.2) is 69.3 Å². The average Bonchev–Trinajstić information content (AvgIpc) is 3.19. The number of carbonyl (C=O) groups excluding carboxylic acids is 3. The summed E-state index contributed by atoms with van der Waals surface area (Å²) in [6, 6.07) is 13.5. The van der Waals surface area contributed by atoms with Gasteiger partial charge in [-0.25, -0.2) is 0 Å². The highest BCUT2D eigenvalue weighted by atomic mass is 79.9. The Morgan fingerprint density at radius 2 is 1.67 bits per heavy atom. The van der Waals surface area contributed by atoms with E-state index in [0.717, 1.165) is 12.1 Å². The minimum Gasteiger partial charge on any atom is -0.372 e. The molecule has 0 aromatic heterocycles. The van der Waals surface area contributed by atoms with Crippen LogP contribution in [0.25, 0.3) is 0 Å². The summed E-state index contributed by atoms with van der Waals surface area (Å²) in [5.41, 5.74) is 0.637. The number of benzene rings is 3. The Kier molecular flexibility index (Phi) is 9.00. The van der Waals surface area contributed by atoms with Crippen molar-refractivity contribution in [1.82, 2.24) is 4.90 Å². The quantitative estimate of drug-likeness (QED) is 0.112. The fraction of sp³-hybridized carbons (Fsp3) is 0.222. The van der Waals surface area contributed by atoms with Crippen LogP contribution in [0.5, 0.6) is 0 Å². The molecule has 0 spiro atoms. The van der Waals surface area contributed by atoms with Gasteiger partial charge >= 0.3 is 5.69 Å². The summed E-state index contributed by atoms with van der Waals surface area (Å²) in [6.45, 7) is 4.54. The standard InChI is InChI=1S/C27H24BrN7O7/c1-3-32(11-6-12-33-26(37)19-7-4-5-8-20(19)27(33)38)17-9-10-22(23(14-17)29-16(2)36)30-31-25-21(28)13-18(34(39)40)15-24(25)35(41)42/h4-5,7-10,13-15H,3,6,11-12H2,1-2H3,(H,29,36). The van der Waals surface area contributed by atoms with Gasteiger partial charge in [-0.1, -0.05) is 12.1 Å². The summed E-state index contributed by atoms with van der Waals surface area (Å²) in [5.74, 6) is -1.03. The van der Waals surface area contributed by atoms with Crippen molar-refractivity contribution in [3.8, 4) is 0 Å². The molecule has 0 bridgehead atoms. The Labute approximate surface area is 247 Å². The van der Waals surface area contributed by atoms with E-state index in [1.165, 1.54) is 11.8 Å². The van der Waals surface area contributed by atoms with Crippen LogP contribution in [0, 0.1) is 20.2 Å². The molecule has 0 fully saturated rings. The normalized spacial score (nSPS) is 12.5. The van der Waals surface area contributed by atoms with Gasteiger partial charge in [-0.2, -0.15) is 0 Å². The number of anilines is 2. The molecule has 1 aliphatic rings. The first-order chi connectivity index (χ1) is 20.0. The summed E-state index contributed by atoms with van der Waals surface area (Å²) >= 11 is 3.09. The molecule has 216 valence electrons. The van der Waals surface area contributed by atoms with E-state index in [1.807, 2.05) is 11.8 Å². The lowest BCUT2D eigenvalue weighted by Gasteiger charge is -2.25. The number of nitro groups is 2. The second kappa shape index (κ2) is 12.6. The van der Waals surface area contributed by atoms with E-state index in [4.69, 9.17) is 0 Å². The molecule has 3 amide bonds. The van der Waals surface area contributed by atoms with E-state index < -0.39 is 21.2 Å². The lowest BCUT2D eigenvalue weighted by Crippen LogP contribution is -2.33. The maximum Gasteiger partial charge on any atom is 0.304 e. The monoisotopic (exact) mass is 637 g/mol. The van der Waals surface area contributed by atoms with Gasteiger partial charge in [-0.3, -0.25) is 39.5 Å². The molecule has 0 radical (unpaired) electrons. The summed E-state index contributed by atoms with van der Waals surface area (Å²) in [4.78, 5) is 61.6. The van der Waals surface area contributed by atoms with Crippen LogP contribution in [0.2, 0.25) is 0 Å². The summed E-state index contributed by atoms with van der Waals surface area (Å²) < 4.78 is 0.0000622. The number of amides is 3. The first-order valence-corrected chi connectivity index (χ1v) is 13.5. The molecule has 3 aromatic carbocycles. The second-order valence-corrected chi connectivity index (χ2v) is 9.99. The number of halogens is 1. The van der Waals surface area contributed by atoms with E-state index in [-0.39, 0.29) is 45.8 Å². The highest BCUT2D eigenvalue weighted by Gasteiger charge is 2.34. The van der Waals surface area contributed by atoms with Crippen LogP contribution in [-0.2, 0) is 4.79 Å². The molecule has 0 unspecified atom stereocenters. The third kappa shape index (κ3) is 6.30. The highest BCUT2D eigenvalue weighted by molar-refractivity contribution is 9.10. The van der Waals surface area contributed by atoms with Gasteiger partial charge in [0.25, 0.3) is 17.5 Å². The van der Waals surface area contributed by atoms with Crippen molar-refractivity contribution in [1.29, 1.82) is 0 Å². The number of fused-ring (bicyclic) bond motifs is 1. The van der Waals surface area contributed by atoms with E-state index in [9.17, 15) is 34.6 Å². The highest BCUT2D eigenvalue weighted by Crippen LogP contribution is 2.41. The van der Waals surface area contributed by atoms with Gasteiger partial charge in [0.15, 0.2) is 5.69 Å². The molecule has 1 N–H and O–H groups in total. The maximum atomic E-state index is 12.7. The van der Waals surface area contributed by atoms with Crippen LogP contribution >= 0.6 is 15.9 Å². The van der Waals surface area contributed by atoms with Crippen molar-refractivity contribution in [3.63, 3.8) is 0 Å². The zero-order valence-electron chi connectivity index (χ0n) is 22.4. The van der Waals surface area contributed by atoms with Gasteiger partial charge in [0.1, 0.15) is 5.69 Å². The number of hydrogen-bond acceptors (Lipinski definition) is 10. The molecule has 1 aliphatic heterocycles. The SMILES string of the molecule is CCN(CCCN1C(=O)c2ccccc2C1=O)c1ccc(N=Nc2c(Br)cc([N+](=O)[O-])cc2[N+](=O)[O-])c(NC(C)=O)c1. The van der Waals surface area contributed by atoms with Crippen molar-refractivity contribution >= 4 is 67.8 Å². The fourth-order valence-electron chi connectivity index (χ4n) is 4.45. The van der Waals surface area contributed by atoms with Crippen LogP contribution in [0.3, 0.4) is 0 Å². The first kappa shape index (κ1) is 29.9. The molecule has 3 aromatic rings. The number of nitrogens with one attached hydrogen (secondary N) is 1. The van der Waals surface area contributed by atoms with Gasteiger partial charge in [0.05, 0.1) is 37.2 Å². The molecule has 4 rings (SSSR count). The molecule has 0 saturated carbocycles. The topological polar surface area (TPSA) is 181 Å². The Morgan fingerprint density at radius 3 is 2.24 bits per heavy atom. The van der Waals surface area contributed by atoms with Crippen molar-refractivity contribution in [2.24, 2.45) is 10.2 Å². The van der Waals surface area contributed by atoms with E-state index in [1.54, 1.807) is 42.5 Å². The summed E-state index contributed by atoms with van der Waals surface area (Å²) in [6.07, 6.45) is 0.494. The molecule has 14 nitrogen and oxygen atoms in total. The van der Waals surface area contributed by atoms with Crippen molar-refractivity contribution in [2.75, 3.05) is 29.9 Å². The van der Waals surface area contributed by atoms with Crippen LogP contribution < -0.4 is 10.2 Å².